The second-order valence-corrected chi connectivity index (χ2v) is 5.80. The molecule has 1 aromatic rings. The highest BCUT2D eigenvalue weighted by Gasteiger charge is 2.45. The van der Waals surface area contributed by atoms with E-state index >= 15 is 0 Å². The van der Waals surface area contributed by atoms with Gasteiger partial charge in [-0.25, -0.2) is 4.79 Å². The lowest BCUT2D eigenvalue weighted by Crippen LogP contribution is -2.54. The molecule has 2 rings (SSSR count). The Bertz CT molecular complexity index is 513. The van der Waals surface area contributed by atoms with Crippen molar-refractivity contribution in [3.63, 3.8) is 0 Å². The van der Waals surface area contributed by atoms with Gasteiger partial charge in [-0.3, -0.25) is 5.32 Å². The quantitative estimate of drug-likeness (QED) is 0.847. The zero-order chi connectivity index (χ0) is 15.5. The number of carbonyl (C=O) groups excluding carboxylic acids is 1. The SMILES string of the molecule is CCOC(=O)C1(NC(C)C)CCCc2cc(OC)ccc21. The van der Waals surface area contributed by atoms with Crippen LogP contribution < -0.4 is 10.1 Å². The number of nitrogens with one attached hydrogen (secondary N) is 1. The Labute approximate surface area is 126 Å². The topological polar surface area (TPSA) is 47.6 Å². The number of aryl methyl sites for hydroxylation is 1. The van der Waals surface area contributed by atoms with E-state index in [2.05, 4.69) is 19.2 Å². The number of rotatable bonds is 5. The van der Waals surface area contributed by atoms with Crippen LogP contribution in [0.3, 0.4) is 0 Å². The molecule has 1 aliphatic rings. The van der Waals surface area contributed by atoms with Crippen LogP contribution in [0.1, 0.15) is 44.7 Å². The molecule has 0 radical (unpaired) electrons. The molecule has 0 fully saturated rings. The van der Waals surface area contributed by atoms with Crippen LogP contribution in [0, 0.1) is 0 Å². The van der Waals surface area contributed by atoms with Crippen LogP contribution in [0.2, 0.25) is 0 Å². The van der Waals surface area contributed by atoms with E-state index in [-0.39, 0.29) is 12.0 Å². The molecule has 0 spiro atoms. The van der Waals surface area contributed by atoms with Crippen LogP contribution in [0.5, 0.6) is 5.75 Å². The molecule has 1 aliphatic carbocycles. The normalized spacial score (nSPS) is 21.0. The predicted molar refractivity (Wildman–Crippen MR) is 82.5 cm³/mol. The average molecular weight is 291 g/mol. The molecule has 0 aromatic heterocycles. The molecule has 116 valence electrons. The van der Waals surface area contributed by atoms with E-state index in [1.807, 2.05) is 25.1 Å². The Morgan fingerprint density at radius 3 is 2.81 bits per heavy atom. The van der Waals surface area contributed by atoms with E-state index in [0.717, 1.165) is 30.6 Å². The largest absolute Gasteiger partial charge is 0.497 e. The van der Waals surface area contributed by atoms with Crippen LogP contribution in [0.4, 0.5) is 0 Å². The lowest BCUT2D eigenvalue weighted by molar-refractivity contribution is -0.153. The second-order valence-electron chi connectivity index (χ2n) is 5.80. The van der Waals surface area contributed by atoms with Crippen LogP contribution in [-0.4, -0.2) is 25.7 Å². The first-order chi connectivity index (χ1) is 10.0. The summed E-state index contributed by atoms with van der Waals surface area (Å²) >= 11 is 0. The van der Waals surface area contributed by atoms with Crippen molar-refractivity contribution in [2.24, 2.45) is 0 Å². The molecule has 0 heterocycles. The molecule has 4 nitrogen and oxygen atoms in total. The van der Waals surface area contributed by atoms with Gasteiger partial charge in [-0.05, 0) is 63.3 Å². The van der Waals surface area contributed by atoms with Gasteiger partial charge in [0.15, 0.2) is 0 Å². The van der Waals surface area contributed by atoms with Gasteiger partial charge in [0.2, 0.25) is 0 Å². The van der Waals surface area contributed by atoms with Gasteiger partial charge >= 0.3 is 5.97 Å². The molecule has 0 aliphatic heterocycles. The first-order valence-electron chi connectivity index (χ1n) is 7.65. The highest BCUT2D eigenvalue weighted by molar-refractivity contribution is 5.84. The zero-order valence-electron chi connectivity index (χ0n) is 13.4. The maximum absolute atomic E-state index is 12.7. The Balaban J connectivity index is 2.49. The fourth-order valence-corrected chi connectivity index (χ4v) is 3.17. The third-order valence-corrected chi connectivity index (χ3v) is 3.93. The van der Waals surface area contributed by atoms with Crippen LogP contribution in [0.15, 0.2) is 18.2 Å². The fourth-order valence-electron chi connectivity index (χ4n) is 3.17. The minimum atomic E-state index is -0.732. The Kier molecular flexibility index (Phi) is 4.88. The standard InChI is InChI=1S/C17H25NO3/c1-5-21-16(19)17(18-12(2)3)10-6-7-13-11-14(20-4)8-9-15(13)17/h8-9,11-12,18H,5-7,10H2,1-4H3. The molecule has 4 heteroatoms. The molecule has 0 amide bonds. The van der Waals surface area contributed by atoms with Crippen molar-refractivity contribution in [2.75, 3.05) is 13.7 Å². The summed E-state index contributed by atoms with van der Waals surface area (Å²) < 4.78 is 10.7. The average Bonchev–Trinajstić information content (AvgIpc) is 2.46. The first-order valence-corrected chi connectivity index (χ1v) is 7.65. The Morgan fingerprint density at radius 2 is 2.19 bits per heavy atom. The van der Waals surface area contributed by atoms with Crippen molar-refractivity contribution in [3.05, 3.63) is 29.3 Å². The minimum absolute atomic E-state index is 0.176. The Hall–Kier alpha value is -1.55. The molecule has 0 saturated carbocycles. The van der Waals surface area contributed by atoms with Crippen molar-refractivity contribution >= 4 is 5.97 Å². The molecule has 1 atom stereocenters. The summed E-state index contributed by atoms with van der Waals surface area (Å²) in [7, 11) is 1.66. The number of methoxy groups -OCH3 is 1. The molecular weight excluding hydrogens is 266 g/mol. The highest BCUT2D eigenvalue weighted by atomic mass is 16.5. The lowest BCUT2D eigenvalue weighted by atomic mass is 9.76. The van der Waals surface area contributed by atoms with E-state index < -0.39 is 5.54 Å². The minimum Gasteiger partial charge on any atom is -0.497 e. The zero-order valence-corrected chi connectivity index (χ0v) is 13.4. The monoisotopic (exact) mass is 291 g/mol. The molecule has 0 saturated heterocycles. The lowest BCUT2D eigenvalue weighted by Gasteiger charge is -2.39. The molecule has 1 N–H and O–H groups in total. The van der Waals surface area contributed by atoms with Crippen molar-refractivity contribution in [2.45, 2.75) is 51.6 Å². The Morgan fingerprint density at radius 1 is 1.43 bits per heavy atom. The van der Waals surface area contributed by atoms with E-state index in [0.29, 0.717) is 6.61 Å². The smallest absolute Gasteiger partial charge is 0.331 e. The summed E-state index contributed by atoms with van der Waals surface area (Å²) in [6, 6.07) is 6.15. The number of benzene rings is 1. The van der Waals surface area contributed by atoms with Gasteiger partial charge in [0.25, 0.3) is 0 Å². The van der Waals surface area contributed by atoms with Crippen molar-refractivity contribution in [3.8, 4) is 5.75 Å². The number of esters is 1. The van der Waals surface area contributed by atoms with Gasteiger partial charge in [0.1, 0.15) is 11.3 Å². The summed E-state index contributed by atoms with van der Waals surface area (Å²) in [4.78, 5) is 12.7. The summed E-state index contributed by atoms with van der Waals surface area (Å²) in [6.07, 6.45) is 2.69. The number of hydrogen-bond donors (Lipinski definition) is 1. The fraction of sp³-hybridized carbons (Fsp3) is 0.588. The number of ether oxygens (including phenoxy) is 2. The highest BCUT2D eigenvalue weighted by Crippen LogP contribution is 2.38. The molecule has 21 heavy (non-hydrogen) atoms. The van der Waals surface area contributed by atoms with E-state index in [4.69, 9.17) is 9.47 Å². The summed E-state index contributed by atoms with van der Waals surface area (Å²) in [5.41, 5.74) is 1.47. The van der Waals surface area contributed by atoms with Gasteiger partial charge < -0.3 is 9.47 Å². The van der Waals surface area contributed by atoms with Crippen molar-refractivity contribution < 1.29 is 14.3 Å². The molecule has 0 bridgehead atoms. The van der Waals surface area contributed by atoms with E-state index in [1.165, 1.54) is 5.56 Å². The summed E-state index contributed by atoms with van der Waals surface area (Å²) in [5.74, 6) is 0.655. The molecular formula is C17H25NO3. The van der Waals surface area contributed by atoms with Crippen LogP contribution in [-0.2, 0) is 21.5 Å². The van der Waals surface area contributed by atoms with Gasteiger partial charge in [-0.2, -0.15) is 0 Å². The maximum atomic E-state index is 12.7. The van der Waals surface area contributed by atoms with E-state index in [9.17, 15) is 4.79 Å². The summed E-state index contributed by atoms with van der Waals surface area (Å²) in [6.45, 7) is 6.35. The first kappa shape index (κ1) is 15.8. The molecule has 1 aromatic carbocycles. The number of fused-ring (bicyclic) bond motifs is 1. The summed E-state index contributed by atoms with van der Waals surface area (Å²) in [5, 5.41) is 3.46. The van der Waals surface area contributed by atoms with Gasteiger partial charge in [0.05, 0.1) is 13.7 Å². The third kappa shape index (κ3) is 3.05. The second kappa shape index (κ2) is 6.48. The van der Waals surface area contributed by atoms with Crippen LogP contribution >= 0.6 is 0 Å². The van der Waals surface area contributed by atoms with Gasteiger partial charge in [0, 0.05) is 6.04 Å². The third-order valence-electron chi connectivity index (χ3n) is 3.93. The maximum Gasteiger partial charge on any atom is 0.331 e. The van der Waals surface area contributed by atoms with Crippen LogP contribution in [0.25, 0.3) is 0 Å². The van der Waals surface area contributed by atoms with Crippen molar-refractivity contribution in [1.82, 2.24) is 5.32 Å². The number of hydrogen-bond acceptors (Lipinski definition) is 4. The van der Waals surface area contributed by atoms with Gasteiger partial charge in [-0.1, -0.05) is 6.07 Å². The number of carbonyl (C=O) groups is 1. The van der Waals surface area contributed by atoms with Gasteiger partial charge in [-0.15, -0.1) is 0 Å². The molecule has 1 unspecified atom stereocenters. The van der Waals surface area contributed by atoms with E-state index in [1.54, 1.807) is 7.11 Å². The van der Waals surface area contributed by atoms with Crippen molar-refractivity contribution in [1.29, 1.82) is 0 Å². The predicted octanol–water partition coefficient (Wildman–Crippen LogP) is 2.79.